The lowest BCUT2D eigenvalue weighted by atomic mass is 10.1. The summed E-state index contributed by atoms with van der Waals surface area (Å²) in [6, 6.07) is 9.97. The lowest BCUT2D eigenvalue weighted by molar-refractivity contribution is -0.145. The van der Waals surface area contributed by atoms with Gasteiger partial charge in [0, 0.05) is 19.6 Å². The van der Waals surface area contributed by atoms with Gasteiger partial charge in [0.05, 0.1) is 26.1 Å². The summed E-state index contributed by atoms with van der Waals surface area (Å²) < 4.78 is 9.73. The van der Waals surface area contributed by atoms with Gasteiger partial charge in [-0.1, -0.05) is 37.3 Å². The summed E-state index contributed by atoms with van der Waals surface area (Å²) in [4.78, 5) is 25.2. The van der Waals surface area contributed by atoms with Gasteiger partial charge in [-0.2, -0.15) is 0 Å². The molecule has 1 rings (SSSR count). The van der Waals surface area contributed by atoms with Crippen molar-refractivity contribution in [3.63, 3.8) is 0 Å². The van der Waals surface area contributed by atoms with Crippen LogP contribution in [0.5, 0.6) is 0 Å². The van der Waals surface area contributed by atoms with Crippen molar-refractivity contribution in [1.82, 2.24) is 4.90 Å². The number of hydrogen-bond acceptors (Lipinski definition) is 5. The average Bonchev–Trinajstić information content (AvgIpc) is 2.53. The summed E-state index contributed by atoms with van der Waals surface area (Å²) >= 11 is 0. The third-order valence-corrected chi connectivity index (χ3v) is 3.32. The number of ether oxygens (including phenoxy) is 2. The Morgan fingerprint density at radius 3 is 2.50 bits per heavy atom. The van der Waals surface area contributed by atoms with Crippen LogP contribution >= 0.6 is 0 Å². The molecule has 0 N–H and O–H groups in total. The smallest absolute Gasteiger partial charge is 0.309 e. The van der Waals surface area contributed by atoms with Crippen LogP contribution < -0.4 is 0 Å². The minimum Gasteiger partial charge on any atom is -0.469 e. The van der Waals surface area contributed by atoms with Crippen LogP contribution in [0.2, 0.25) is 0 Å². The molecule has 0 aromatic heterocycles. The van der Waals surface area contributed by atoms with E-state index in [4.69, 9.17) is 9.47 Å². The number of benzene rings is 1. The fraction of sp³-hybridized carbons (Fsp3) is 0.529. The number of methoxy groups -OCH3 is 1. The molecule has 0 saturated heterocycles. The van der Waals surface area contributed by atoms with E-state index in [-0.39, 0.29) is 17.9 Å². The molecule has 0 aliphatic heterocycles. The van der Waals surface area contributed by atoms with Crippen LogP contribution in [0, 0.1) is 5.92 Å². The minimum atomic E-state index is -0.241. The maximum absolute atomic E-state index is 11.6. The molecule has 0 fully saturated rings. The predicted octanol–water partition coefficient (Wildman–Crippen LogP) is 2.25. The van der Waals surface area contributed by atoms with Crippen LogP contribution in [0.15, 0.2) is 30.3 Å². The Morgan fingerprint density at radius 1 is 1.23 bits per heavy atom. The largest absolute Gasteiger partial charge is 0.469 e. The first-order valence-electron chi connectivity index (χ1n) is 7.56. The Kier molecular flexibility index (Phi) is 8.22. The second-order valence-corrected chi connectivity index (χ2v) is 5.20. The molecule has 0 heterocycles. The lowest BCUT2D eigenvalue weighted by Crippen LogP contribution is -2.33. The highest BCUT2D eigenvalue weighted by Crippen LogP contribution is 2.09. The van der Waals surface area contributed by atoms with Crippen molar-refractivity contribution in [2.45, 2.75) is 26.8 Å². The van der Waals surface area contributed by atoms with Crippen LogP contribution in [0.3, 0.4) is 0 Å². The molecule has 0 bridgehead atoms. The Hall–Kier alpha value is -1.88. The van der Waals surface area contributed by atoms with Crippen molar-refractivity contribution >= 4 is 11.9 Å². The van der Waals surface area contributed by atoms with Crippen LogP contribution in [-0.2, 0) is 25.6 Å². The van der Waals surface area contributed by atoms with E-state index in [1.807, 2.05) is 37.3 Å². The number of nitrogens with zero attached hydrogens (tertiary/aromatic N) is 1. The lowest BCUT2D eigenvalue weighted by Gasteiger charge is -2.24. The summed E-state index contributed by atoms with van der Waals surface area (Å²) in [5.41, 5.74) is 1.14. The monoisotopic (exact) mass is 307 g/mol. The molecule has 0 amide bonds. The Labute approximate surface area is 132 Å². The van der Waals surface area contributed by atoms with E-state index in [9.17, 15) is 9.59 Å². The van der Waals surface area contributed by atoms with E-state index in [2.05, 4.69) is 4.90 Å². The Morgan fingerprint density at radius 2 is 1.91 bits per heavy atom. The first-order valence-corrected chi connectivity index (χ1v) is 7.56. The molecule has 1 aromatic rings. The van der Waals surface area contributed by atoms with Crippen molar-refractivity contribution in [3.05, 3.63) is 35.9 Å². The van der Waals surface area contributed by atoms with Crippen molar-refractivity contribution in [2.24, 2.45) is 5.92 Å². The van der Waals surface area contributed by atoms with E-state index in [1.54, 1.807) is 6.92 Å². The second-order valence-electron chi connectivity index (χ2n) is 5.20. The summed E-state index contributed by atoms with van der Waals surface area (Å²) in [5, 5.41) is 0. The molecule has 0 unspecified atom stereocenters. The molecule has 0 aliphatic carbocycles. The molecule has 1 atom stereocenters. The topological polar surface area (TPSA) is 55.8 Å². The minimum absolute atomic E-state index is 0.216. The van der Waals surface area contributed by atoms with E-state index >= 15 is 0 Å². The third-order valence-electron chi connectivity index (χ3n) is 3.32. The summed E-state index contributed by atoms with van der Waals surface area (Å²) in [7, 11) is 1.39. The van der Waals surface area contributed by atoms with Gasteiger partial charge in [-0.25, -0.2) is 0 Å². The zero-order chi connectivity index (χ0) is 16.4. The SMILES string of the molecule is CCOC(=O)CCN(Cc1ccccc1)C[C@H](C)C(=O)OC. The summed E-state index contributed by atoms with van der Waals surface area (Å²) in [5.74, 6) is -0.698. The molecular formula is C17H25NO4. The summed E-state index contributed by atoms with van der Waals surface area (Å²) in [6.07, 6.45) is 0.314. The van der Waals surface area contributed by atoms with Crippen LogP contribution in [0.1, 0.15) is 25.8 Å². The number of hydrogen-bond donors (Lipinski definition) is 0. The molecule has 22 heavy (non-hydrogen) atoms. The van der Waals surface area contributed by atoms with Crippen LogP contribution in [0.25, 0.3) is 0 Å². The molecule has 5 heteroatoms. The van der Waals surface area contributed by atoms with Gasteiger partial charge in [0.15, 0.2) is 0 Å². The van der Waals surface area contributed by atoms with Gasteiger partial charge in [-0.15, -0.1) is 0 Å². The number of carbonyl (C=O) groups excluding carboxylic acids is 2. The number of carbonyl (C=O) groups is 2. The number of esters is 2. The first-order chi connectivity index (χ1) is 10.6. The van der Waals surface area contributed by atoms with Gasteiger partial charge in [-0.3, -0.25) is 14.5 Å². The van der Waals surface area contributed by atoms with Crippen LogP contribution in [-0.4, -0.2) is 43.6 Å². The third kappa shape index (κ3) is 6.72. The van der Waals surface area contributed by atoms with E-state index in [0.29, 0.717) is 32.7 Å². The van der Waals surface area contributed by atoms with Crippen molar-refractivity contribution in [3.8, 4) is 0 Å². The average molecular weight is 307 g/mol. The van der Waals surface area contributed by atoms with E-state index in [0.717, 1.165) is 5.56 Å². The molecule has 0 radical (unpaired) electrons. The standard InChI is InChI=1S/C17H25NO4/c1-4-22-16(19)10-11-18(12-14(2)17(20)21-3)13-15-8-6-5-7-9-15/h5-9,14H,4,10-13H2,1-3H3/t14-/m0/s1. The highest BCUT2D eigenvalue weighted by atomic mass is 16.5. The van der Waals surface area contributed by atoms with Gasteiger partial charge < -0.3 is 9.47 Å². The van der Waals surface area contributed by atoms with Crippen molar-refractivity contribution in [1.29, 1.82) is 0 Å². The van der Waals surface area contributed by atoms with E-state index in [1.165, 1.54) is 7.11 Å². The fourth-order valence-corrected chi connectivity index (χ4v) is 2.22. The number of rotatable bonds is 9. The van der Waals surface area contributed by atoms with Gasteiger partial charge >= 0.3 is 11.9 Å². The summed E-state index contributed by atoms with van der Waals surface area (Å²) in [6.45, 7) is 5.78. The second kappa shape index (κ2) is 9.95. The van der Waals surface area contributed by atoms with Crippen molar-refractivity contribution < 1.29 is 19.1 Å². The molecule has 0 aliphatic rings. The first kappa shape index (κ1) is 18.2. The van der Waals surface area contributed by atoms with Gasteiger partial charge in [0.25, 0.3) is 0 Å². The van der Waals surface area contributed by atoms with Gasteiger partial charge in [0.2, 0.25) is 0 Å². The maximum Gasteiger partial charge on any atom is 0.309 e. The molecule has 122 valence electrons. The van der Waals surface area contributed by atoms with Crippen molar-refractivity contribution in [2.75, 3.05) is 26.8 Å². The van der Waals surface area contributed by atoms with E-state index < -0.39 is 0 Å². The molecule has 0 saturated carbocycles. The highest BCUT2D eigenvalue weighted by Gasteiger charge is 2.18. The van der Waals surface area contributed by atoms with Gasteiger partial charge in [-0.05, 0) is 12.5 Å². The molecule has 1 aromatic carbocycles. The Balaban J connectivity index is 2.63. The van der Waals surface area contributed by atoms with Crippen LogP contribution in [0.4, 0.5) is 0 Å². The zero-order valence-electron chi connectivity index (χ0n) is 13.6. The fourth-order valence-electron chi connectivity index (χ4n) is 2.22. The normalized spacial score (nSPS) is 12.0. The highest BCUT2D eigenvalue weighted by molar-refractivity contribution is 5.72. The van der Waals surface area contributed by atoms with Gasteiger partial charge in [0.1, 0.15) is 0 Å². The zero-order valence-corrected chi connectivity index (χ0v) is 13.6. The predicted molar refractivity (Wildman–Crippen MR) is 84.1 cm³/mol. The molecule has 5 nitrogen and oxygen atoms in total. The Bertz CT molecular complexity index is 461. The molecule has 0 spiro atoms. The maximum atomic E-state index is 11.6. The quantitative estimate of drug-likeness (QED) is 0.655. The molecular weight excluding hydrogens is 282 g/mol.